The van der Waals surface area contributed by atoms with E-state index in [9.17, 15) is 9.18 Å². The van der Waals surface area contributed by atoms with Crippen LogP contribution in [-0.4, -0.2) is 38.5 Å². The van der Waals surface area contributed by atoms with E-state index in [1.807, 2.05) is 0 Å². The maximum Gasteiger partial charge on any atom is 0.241 e. The molecule has 0 bridgehead atoms. The number of likely N-dealkylation sites (N-methyl/N-ethyl adjacent to an activating group) is 2. The molecule has 0 heterocycles. The van der Waals surface area contributed by atoms with E-state index in [1.54, 1.807) is 39.0 Å². The zero-order valence-electron chi connectivity index (χ0n) is 10.6. The second kappa shape index (κ2) is 5.03. The van der Waals surface area contributed by atoms with Crippen LogP contribution in [0.1, 0.15) is 5.56 Å². The number of anilines is 2. The topological polar surface area (TPSA) is 49.6 Å². The van der Waals surface area contributed by atoms with Crippen LogP contribution in [0.5, 0.6) is 0 Å². The Hall–Kier alpha value is -1.78. The number of carbonyl (C=O) groups is 1. The number of nitrogen functional groups attached to an aromatic ring is 1. The van der Waals surface area contributed by atoms with Gasteiger partial charge in [0.2, 0.25) is 5.91 Å². The average Bonchev–Trinajstić information content (AvgIpc) is 2.22. The highest BCUT2D eigenvalue weighted by atomic mass is 19.1. The Balaban J connectivity index is 2.93. The van der Waals surface area contributed by atoms with E-state index in [4.69, 9.17) is 5.73 Å². The lowest BCUT2D eigenvalue weighted by molar-refractivity contribution is -0.127. The Morgan fingerprint density at radius 1 is 1.35 bits per heavy atom. The van der Waals surface area contributed by atoms with Gasteiger partial charge in [0.1, 0.15) is 5.82 Å². The molecule has 94 valence electrons. The summed E-state index contributed by atoms with van der Waals surface area (Å²) >= 11 is 0. The van der Waals surface area contributed by atoms with Gasteiger partial charge in [-0.05, 0) is 24.6 Å². The first-order valence-electron chi connectivity index (χ1n) is 5.30. The van der Waals surface area contributed by atoms with Crippen LogP contribution in [0.15, 0.2) is 12.1 Å². The number of amides is 1. The third-order valence-corrected chi connectivity index (χ3v) is 2.59. The van der Waals surface area contributed by atoms with Crippen molar-refractivity contribution in [2.75, 3.05) is 38.3 Å². The number of rotatable bonds is 3. The van der Waals surface area contributed by atoms with Crippen molar-refractivity contribution in [1.82, 2.24) is 4.90 Å². The maximum atomic E-state index is 13.2. The number of aryl methyl sites for hydroxylation is 1. The summed E-state index contributed by atoms with van der Waals surface area (Å²) in [6.07, 6.45) is 0. The van der Waals surface area contributed by atoms with Crippen LogP contribution in [0.4, 0.5) is 15.8 Å². The summed E-state index contributed by atoms with van der Waals surface area (Å²) in [6, 6.07) is 2.93. The van der Waals surface area contributed by atoms with Crippen molar-refractivity contribution in [2.45, 2.75) is 6.92 Å². The molecule has 1 aromatic rings. The van der Waals surface area contributed by atoms with E-state index in [0.717, 1.165) is 0 Å². The van der Waals surface area contributed by atoms with Gasteiger partial charge in [-0.2, -0.15) is 0 Å². The average molecular weight is 239 g/mol. The monoisotopic (exact) mass is 239 g/mol. The fourth-order valence-corrected chi connectivity index (χ4v) is 1.44. The maximum absolute atomic E-state index is 13.2. The number of halogens is 1. The first kappa shape index (κ1) is 13.3. The lowest BCUT2D eigenvalue weighted by Gasteiger charge is -2.23. The Morgan fingerprint density at radius 3 is 2.47 bits per heavy atom. The van der Waals surface area contributed by atoms with Gasteiger partial charge in [-0.15, -0.1) is 0 Å². The Bertz CT molecular complexity index is 432. The van der Waals surface area contributed by atoms with Gasteiger partial charge in [0.05, 0.1) is 17.9 Å². The minimum Gasteiger partial charge on any atom is -0.397 e. The Morgan fingerprint density at radius 2 is 1.94 bits per heavy atom. The zero-order chi connectivity index (χ0) is 13.2. The smallest absolute Gasteiger partial charge is 0.241 e. The molecule has 0 fully saturated rings. The van der Waals surface area contributed by atoms with Gasteiger partial charge in [0.15, 0.2) is 0 Å². The SMILES string of the molecule is Cc1cc(N(C)CC(=O)N(C)C)c(N)cc1F. The highest BCUT2D eigenvalue weighted by Crippen LogP contribution is 2.25. The zero-order valence-corrected chi connectivity index (χ0v) is 10.6. The molecule has 4 nitrogen and oxygen atoms in total. The summed E-state index contributed by atoms with van der Waals surface area (Å²) in [5.74, 6) is -0.368. The summed E-state index contributed by atoms with van der Waals surface area (Å²) in [7, 11) is 5.13. The molecule has 0 aliphatic carbocycles. The van der Waals surface area contributed by atoms with Crippen LogP contribution in [0.3, 0.4) is 0 Å². The van der Waals surface area contributed by atoms with Gasteiger partial charge in [-0.25, -0.2) is 4.39 Å². The minimum atomic E-state index is -0.335. The summed E-state index contributed by atoms with van der Waals surface area (Å²) < 4.78 is 13.2. The van der Waals surface area contributed by atoms with Crippen molar-refractivity contribution < 1.29 is 9.18 Å². The van der Waals surface area contributed by atoms with Gasteiger partial charge in [-0.3, -0.25) is 4.79 Å². The summed E-state index contributed by atoms with van der Waals surface area (Å²) in [6.45, 7) is 1.88. The second-order valence-corrected chi connectivity index (χ2v) is 4.30. The van der Waals surface area contributed by atoms with E-state index >= 15 is 0 Å². The molecule has 0 radical (unpaired) electrons. The predicted molar refractivity (Wildman–Crippen MR) is 67.5 cm³/mol. The van der Waals surface area contributed by atoms with Gasteiger partial charge >= 0.3 is 0 Å². The number of nitrogens with zero attached hydrogens (tertiary/aromatic N) is 2. The molecule has 0 aliphatic rings. The molecular weight excluding hydrogens is 221 g/mol. The molecule has 1 amide bonds. The lowest BCUT2D eigenvalue weighted by atomic mass is 10.1. The van der Waals surface area contributed by atoms with Crippen molar-refractivity contribution in [3.63, 3.8) is 0 Å². The molecule has 0 aliphatic heterocycles. The molecule has 0 saturated carbocycles. The molecule has 5 heteroatoms. The summed E-state index contributed by atoms with van der Waals surface area (Å²) in [4.78, 5) is 14.8. The first-order chi connectivity index (χ1) is 7.82. The predicted octanol–water partition coefficient (Wildman–Crippen LogP) is 1.24. The van der Waals surface area contributed by atoms with Gasteiger partial charge < -0.3 is 15.5 Å². The van der Waals surface area contributed by atoms with Crippen LogP contribution < -0.4 is 10.6 Å². The van der Waals surface area contributed by atoms with Crippen molar-refractivity contribution >= 4 is 17.3 Å². The fourth-order valence-electron chi connectivity index (χ4n) is 1.44. The van der Waals surface area contributed by atoms with Crippen LogP contribution in [0.2, 0.25) is 0 Å². The number of carbonyl (C=O) groups excluding carboxylic acids is 1. The standard InChI is InChI=1S/C12H18FN3O/c1-8-5-11(10(14)6-9(8)13)16(4)7-12(17)15(2)3/h5-6H,7,14H2,1-4H3. The molecule has 0 unspecified atom stereocenters. The highest BCUT2D eigenvalue weighted by Gasteiger charge is 2.13. The Kier molecular flexibility index (Phi) is 3.93. The third kappa shape index (κ3) is 3.09. The minimum absolute atomic E-state index is 0.0334. The first-order valence-corrected chi connectivity index (χ1v) is 5.30. The van der Waals surface area contributed by atoms with Crippen LogP contribution in [-0.2, 0) is 4.79 Å². The van der Waals surface area contributed by atoms with Crippen molar-refractivity contribution in [2.24, 2.45) is 0 Å². The third-order valence-electron chi connectivity index (χ3n) is 2.59. The molecular formula is C12H18FN3O. The molecule has 2 N–H and O–H groups in total. The number of hydrogen-bond donors (Lipinski definition) is 1. The van der Waals surface area contributed by atoms with E-state index < -0.39 is 0 Å². The quantitative estimate of drug-likeness (QED) is 0.807. The van der Waals surface area contributed by atoms with E-state index in [-0.39, 0.29) is 18.3 Å². The van der Waals surface area contributed by atoms with Crippen molar-refractivity contribution in [1.29, 1.82) is 0 Å². The highest BCUT2D eigenvalue weighted by molar-refractivity contribution is 5.82. The number of benzene rings is 1. The van der Waals surface area contributed by atoms with E-state index in [0.29, 0.717) is 16.9 Å². The summed E-state index contributed by atoms with van der Waals surface area (Å²) in [5, 5.41) is 0. The van der Waals surface area contributed by atoms with Crippen molar-refractivity contribution in [3.05, 3.63) is 23.5 Å². The van der Waals surface area contributed by atoms with E-state index in [1.165, 1.54) is 11.0 Å². The molecule has 0 spiro atoms. The molecule has 1 aromatic carbocycles. The normalized spacial score (nSPS) is 10.2. The van der Waals surface area contributed by atoms with Crippen molar-refractivity contribution in [3.8, 4) is 0 Å². The summed E-state index contributed by atoms with van der Waals surface area (Å²) in [5.41, 5.74) is 7.25. The molecule has 0 aromatic heterocycles. The number of hydrogen-bond acceptors (Lipinski definition) is 3. The molecule has 0 saturated heterocycles. The number of nitrogens with two attached hydrogens (primary N) is 1. The van der Waals surface area contributed by atoms with Gasteiger partial charge in [0, 0.05) is 21.1 Å². The van der Waals surface area contributed by atoms with Crippen LogP contribution >= 0.6 is 0 Å². The lowest BCUT2D eigenvalue weighted by Crippen LogP contribution is -2.34. The largest absolute Gasteiger partial charge is 0.397 e. The Labute approximate surface area is 101 Å². The molecule has 0 atom stereocenters. The fraction of sp³-hybridized carbons (Fsp3) is 0.417. The van der Waals surface area contributed by atoms with Gasteiger partial charge in [0.25, 0.3) is 0 Å². The molecule has 1 rings (SSSR count). The van der Waals surface area contributed by atoms with E-state index in [2.05, 4.69) is 0 Å². The van der Waals surface area contributed by atoms with Gasteiger partial charge in [-0.1, -0.05) is 0 Å². The second-order valence-electron chi connectivity index (χ2n) is 4.30. The molecule has 17 heavy (non-hydrogen) atoms. The van der Waals surface area contributed by atoms with Crippen LogP contribution in [0.25, 0.3) is 0 Å². The van der Waals surface area contributed by atoms with Crippen LogP contribution in [0, 0.1) is 12.7 Å².